The van der Waals surface area contributed by atoms with Crippen molar-refractivity contribution < 1.29 is 20.1 Å². The maximum Gasteiger partial charge on any atom is 0.0160 e. The first-order chi connectivity index (χ1) is 18.3. The van der Waals surface area contributed by atoms with Crippen LogP contribution in [0, 0.1) is 12.1 Å². The summed E-state index contributed by atoms with van der Waals surface area (Å²) in [6, 6.07) is 36.1. The molecular weight excluding hydrogens is 713 g/mol. The minimum atomic E-state index is -1.81. The predicted octanol–water partition coefficient (Wildman–Crippen LogP) is 8.33. The summed E-state index contributed by atoms with van der Waals surface area (Å²) < 4.78 is 1.59. The van der Waals surface area contributed by atoms with Crippen molar-refractivity contribution in [1.29, 1.82) is 0 Å². The molecule has 0 spiro atoms. The minimum absolute atomic E-state index is 0. The monoisotopic (exact) mass is 749 g/mol. The molecule has 0 aliphatic heterocycles. The van der Waals surface area contributed by atoms with Gasteiger partial charge in [-0.15, -0.1) is 35.9 Å². The van der Waals surface area contributed by atoms with Crippen LogP contribution in [0.15, 0.2) is 97.3 Å². The molecule has 0 amide bonds. The minimum Gasteiger partial charge on any atom is -0.305 e. The van der Waals surface area contributed by atoms with Gasteiger partial charge in [0.25, 0.3) is 0 Å². The molecule has 2 heterocycles. The summed E-state index contributed by atoms with van der Waals surface area (Å²) in [5.41, 5.74) is 11.2. The Morgan fingerprint density at radius 2 is 1.54 bits per heavy atom. The zero-order valence-corrected chi connectivity index (χ0v) is 27.7. The molecule has 6 rings (SSSR count). The Balaban J connectivity index is 0.000000228. The summed E-state index contributed by atoms with van der Waals surface area (Å²) in [7, 11) is 0. The second-order valence-electron chi connectivity index (χ2n) is 11.2. The van der Waals surface area contributed by atoms with Gasteiger partial charge in [0.05, 0.1) is 0 Å². The van der Waals surface area contributed by atoms with E-state index in [2.05, 4.69) is 95.7 Å². The summed E-state index contributed by atoms with van der Waals surface area (Å²) in [4.78, 5) is 8.88. The van der Waals surface area contributed by atoms with Crippen molar-refractivity contribution in [2.75, 3.05) is 0 Å². The fourth-order valence-electron chi connectivity index (χ4n) is 4.87. The van der Waals surface area contributed by atoms with Gasteiger partial charge >= 0.3 is 160 Å². The molecule has 0 saturated heterocycles. The standard InChI is InChI=1S/C24H26GeN.C11H8N.Ir/c1-16(2)17-11-12-26-24(15-17)22-8-6-7-21-20-10-9-19(25(3,4)5)13-18(20)14-23(21)22;1-2-6-10(7-3-1)11-8-4-5-9-12-11;/h6-7,9-13,15-16H,14H2,1-5H3;1-6,8-9H;/q2*-1;. The molecular formula is C35H34GeIrN2-2. The maximum absolute atomic E-state index is 4.67. The molecule has 1 aliphatic carbocycles. The fourth-order valence-corrected chi connectivity index (χ4v) is 7.37. The van der Waals surface area contributed by atoms with Gasteiger partial charge in [0, 0.05) is 26.3 Å². The summed E-state index contributed by atoms with van der Waals surface area (Å²) in [5.74, 6) is 7.89. The van der Waals surface area contributed by atoms with Gasteiger partial charge in [-0.2, -0.15) is 0 Å². The van der Waals surface area contributed by atoms with Gasteiger partial charge < -0.3 is 4.98 Å². The van der Waals surface area contributed by atoms with Crippen LogP contribution in [-0.4, -0.2) is 23.2 Å². The molecule has 2 aromatic heterocycles. The smallest absolute Gasteiger partial charge is 0.0160 e. The van der Waals surface area contributed by atoms with Gasteiger partial charge in [-0.25, -0.2) is 0 Å². The zero-order chi connectivity index (χ0) is 26.7. The Labute approximate surface area is 249 Å². The van der Waals surface area contributed by atoms with Crippen molar-refractivity contribution in [2.24, 2.45) is 0 Å². The summed E-state index contributed by atoms with van der Waals surface area (Å²) in [6.07, 6.45) is 4.72. The number of benzene rings is 3. The predicted molar refractivity (Wildman–Crippen MR) is 162 cm³/mol. The maximum atomic E-state index is 4.67. The molecule has 1 aliphatic rings. The van der Waals surface area contributed by atoms with E-state index in [-0.39, 0.29) is 20.1 Å². The van der Waals surface area contributed by atoms with Crippen molar-refractivity contribution in [3.8, 4) is 33.6 Å². The van der Waals surface area contributed by atoms with E-state index in [0.717, 1.165) is 23.4 Å². The largest absolute Gasteiger partial charge is 0.305 e. The fraction of sp³-hybridized carbons (Fsp3) is 0.200. The van der Waals surface area contributed by atoms with Crippen molar-refractivity contribution >= 4 is 17.7 Å². The van der Waals surface area contributed by atoms with Gasteiger partial charge in [0.2, 0.25) is 0 Å². The molecule has 0 unspecified atom stereocenters. The van der Waals surface area contributed by atoms with Crippen LogP contribution in [0.4, 0.5) is 0 Å². The van der Waals surface area contributed by atoms with Gasteiger partial charge in [-0.1, -0.05) is 12.1 Å². The van der Waals surface area contributed by atoms with Crippen LogP contribution < -0.4 is 4.40 Å². The van der Waals surface area contributed by atoms with Gasteiger partial charge in [-0.05, 0) is 11.8 Å². The number of fused-ring (bicyclic) bond motifs is 3. The van der Waals surface area contributed by atoms with Crippen molar-refractivity contribution in [3.05, 3.63) is 126 Å². The Bertz CT molecular complexity index is 1500. The third kappa shape index (κ3) is 6.66. The zero-order valence-electron chi connectivity index (χ0n) is 23.2. The van der Waals surface area contributed by atoms with E-state index < -0.39 is 13.3 Å². The molecule has 2 nitrogen and oxygen atoms in total. The molecule has 4 heteroatoms. The first-order valence-corrected chi connectivity index (χ1v) is 20.7. The van der Waals surface area contributed by atoms with Crippen LogP contribution in [0.3, 0.4) is 0 Å². The van der Waals surface area contributed by atoms with E-state index in [9.17, 15) is 0 Å². The molecule has 0 fully saturated rings. The Kier molecular flexibility index (Phi) is 9.38. The summed E-state index contributed by atoms with van der Waals surface area (Å²) in [6.45, 7) is 4.46. The second-order valence-corrected chi connectivity index (χ2v) is 21.8. The van der Waals surface area contributed by atoms with Gasteiger partial charge in [-0.3, -0.25) is 0 Å². The number of hydrogen-bond donors (Lipinski definition) is 0. The van der Waals surface area contributed by atoms with E-state index >= 15 is 0 Å². The Hall–Kier alpha value is -2.85. The van der Waals surface area contributed by atoms with Crippen molar-refractivity contribution in [3.63, 3.8) is 0 Å². The first kappa shape index (κ1) is 29.1. The van der Waals surface area contributed by atoms with Crippen LogP contribution in [0.2, 0.25) is 17.3 Å². The first-order valence-electron chi connectivity index (χ1n) is 13.3. The number of nitrogens with zero attached hydrogens (tertiary/aromatic N) is 2. The van der Waals surface area contributed by atoms with Gasteiger partial charge in [0.1, 0.15) is 0 Å². The normalized spacial score (nSPS) is 11.6. The molecule has 39 heavy (non-hydrogen) atoms. The van der Waals surface area contributed by atoms with Crippen molar-refractivity contribution in [2.45, 2.75) is 43.5 Å². The number of pyridine rings is 2. The second kappa shape index (κ2) is 12.6. The topological polar surface area (TPSA) is 25.8 Å². The molecule has 5 aromatic rings. The van der Waals surface area contributed by atoms with Gasteiger partial charge in [0.15, 0.2) is 0 Å². The molecule has 3 aromatic carbocycles. The van der Waals surface area contributed by atoms with Crippen LogP contribution >= 0.6 is 0 Å². The molecule has 0 bridgehead atoms. The molecule has 0 saturated carbocycles. The van der Waals surface area contributed by atoms with E-state index in [1.54, 1.807) is 10.6 Å². The summed E-state index contributed by atoms with van der Waals surface area (Å²) >= 11 is -1.81. The molecule has 199 valence electrons. The molecule has 1 radical (unpaired) electrons. The van der Waals surface area contributed by atoms with Crippen LogP contribution in [0.1, 0.15) is 36.5 Å². The van der Waals surface area contributed by atoms with E-state index in [1.165, 1.54) is 33.4 Å². The molecule has 0 N–H and O–H groups in total. The van der Waals surface area contributed by atoms with E-state index in [1.807, 2.05) is 48.7 Å². The third-order valence-corrected chi connectivity index (χ3v) is 11.4. The van der Waals surface area contributed by atoms with Crippen LogP contribution in [0.5, 0.6) is 0 Å². The average Bonchev–Trinajstić information content (AvgIpc) is 3.32. The Morgan fingerprint density at radius 3 is 2.23 bits per heavy atom. The number of hydrogen-bond acceptors (Lipinski definition) is 2. The summed E-state index contributed by atoms with van der Waals surface area (Å²) in [5, 5.41) is 0. The number of aromatic nitrogens is 2. The quantitative estimate of drug-likeness (QED) is 0.134. The van der Waals surface area contributed by atoms with E-state index in [4.69, 9.17) is 0 Å². The SMILES string of the molecule is CC(C)c1ccnc(-c2[c-]ccc3c2Cc2c[c]([Ge]([CH3])([CH3])[CH3])ccc2-3)c1.[Ir].[c-]1ccccc1-c1ccccn1. The average molecular weight is 747 g/mol. The number of rotatable bonds is 4. The Morgan fingerprint density at radius 1 is 0.744 bits per heavy atom. The van der Waals surface area contributed by atoms with Crippen molar-refractivity contribution in [1.82, 2.24) is 9.97 Å². The third-order valence-electron chi connectivity index (χ3n) is 7.09. The van der Waals surface area contributed by atoms with E-state index in [0.29, 0.717) is 5.92 Å². The van der Waals surface area contributed by atoms with Crippen LogP contribution in [0.25, 0.3) is 33.6 Å². The molecule has 0 atom stereocenters. The van der Waals surface area contributed by atoms with Crippen LogP contribution in [-0.2, 0) is 26.5 Å².